The molecule has 2 heterocycles. The average Bonchev–Trinajstić information content (AvgIpc) is 3.24. The first-order valence-corrected chi connectivity index (χ1v) is 12.2. The van der Waals surface area contributed by atoms with Crippen molar-refractivity contribution in [2.24, 2.45) is 0 Å². The standard InChI is InChI=1S/C27H35N3O4/c1-21(31)29-15-6-5-13-27(26(32)28-24-11-3-4-12-25(24)34-18-17-29)14-8-16-30(27)20-22-9-7-10-23(19-22)33-2/h3-4,7,9-12,19H,5-6,8,13-18,20H2,1-2H3,(H,28,32)/t27-/m1/s1. The fraction of sp³-hybridized carbons (Fsp3) is 0.481. The third kappa shape index (κ3) is 5.36. The number of benzene rings is 2. The Kier molecular flexibility index (Phi) is 7.73. The molecule has 1 saturated heterocycles. The van der Waals surface area contributed by atoms with Gasteiger partial charge in [0.15, 0.2) is 0 Å². The van der Waals surface area contributed by atoms with E-state index in [0.29, 0.717) is 37.7 Å². The first-order chi connectivity index (χ1) is 16.5. The molecule has 2 aliphatic heterocycles. The molecule has 7 heteroatoms. The molecule has 1 atom stereocenters. The van der Waals surface area contributed by atoms with E-state index in [9.17, 15) is 9.59 Å². The molecule has 0 saturated carbocycles. The largest absolute Gasteiger partial charge is 0.497 e. The molecule has 1 N–H and O–H groups in total. The minimum atomic E-state index is -0.606. The fourth-order valence-corrected chi connectivity index (χ4v) is 5.16. The number of hydrogen-bond acceptors (Lipinski definition) is 5. The maximum atomic E-state index is 13.9. The summed E-state index contributed by atoms with van der Waals surface area (Å²) in [6, 6.07) is 15.6. The lowest BCUT2D eigenvalue weighted by atomic mass is 9.87. The van der Waals surface area contributed by atoms with Crippen LogP contribution >= 0.6 is 0 Å². The SMILES string of the molecule is COc1cccc(CN2CCC[C@@]23CCCCN(C(C)=O)CCOc2ccccc2NC3=O)c1. The monoisotopic (exact) mass is 465 g/mol. The Morgan fingerprint density at radius 3 is 2.71 bits per heavy atom. The van der Waals surface area contributed by atoms with E-state index in [1.54, 1.807) is 14.0 Å². The van der Waals surface area contributed by atoms with Gasteiger partial charge in [0.2, 0.25) is 11.8 Å². The van der Waals surface area contributed by atoms with Crippen LogP contribution in [-0.2, 0) is 16.1 Å². The van der Waals surface area contributed by atoms with Crippen LogP contribution in [0.1, 0.15) is 44.6 Å². The molecule has 34 heavy (non-hydrogen) atoms. The molecule has 1 fully saturated rings. The third-order valence-electron chi connectivity index (χ3n) is 7.02. The van der Waals surface area contributed by atoms with Crippen molar-refractivity contribution in [2.75, 3.05) is 38.7 Å². The van der Waals surface area contributed by atoms with Crippen LogP contribution in [0.5, 0.6) is 11.5 Å². The number of amides is 2. The van der Waals surface area contributed by atoms with Crippen LogP contribution in [0.4, 0.5) is 5.69 Å². The number of nitrogens with zero attached hydrogens (tertiary/aromatic N) is 2. The molecule has 0 bridgehead atoms. The predicted octanol–water partition coefficient (Wildman–Crippen LogP) is 4.08. The highest BCUT2D eigenvalue weighted by molar-refractivity contribution is 5.99. The summed E-state index contributed by atoms with van der Waals surface area (Å²) in [4.78, 5) is 30.2. The molecular weight excluding hydrogens is 430 g/mol. The fourth-order valence-electron chi connectivity index (χ4n) is 5.16. The third-order valence-corrected chi connectivity index (χ3v) is 7.02. The van der Waals surface area contributed by atoms with Crippen molar-refractivity contribution in [1.29, 1.82) is 0 Å². The zero-order valence-electron chi connectivity index (χ0n) is 20.2. The van der Waals surface area contributed by atoms with Crippen LogP contribution in [0, 0.1) is 0 Å². The minimum Gasteiger partial charge on any atom is -0.497 e. The lowest BCUT2D eigenvalue weighted by molar-refractivity contribution is -0.130. The van der Waals surface area contributed by atoms with Gasteiger partial charge in [-0.25, -0.2) is 0 Å². The summed E-state index contributed by atoms with van der Waals surface area (Å²) in [5.41, 5.74) is 1.20. The van der Waals surface area contributed by atoms with Gasteiger partial charge in [0, 0.05) is 20.0 Å². The first-order valence-electron chi connectivity index (χ1n) is 12.2. The number of fused-ring (bicyclic) bond motifs is 1. The topological polar surface area (TPSA) is 71.1 Å². The maximum Gasteiger partial charge on any atom is 0.245 e. The molecule has 0 unspecified atom stereocenters. The van der Waals surface area contributed by atoms with Crippen LogP contribution in [0.2, 0.25) is 0 Å². The molecule has 2 aromatic carbocycles. The number of carbonyl (C=O) groups is 2. The highest BCUT2D eigenvalue weighted by Crippen LogP contribution is 2.38. The van der Waals surface area contributed by atoms with Gasteiger partial charge in [0.05, 0.1) is 19.3 Å². The Morgan fingerprint density at radius 1 is 1.06 bits per heavy atom. The lowest BCUT2D eigenvalue weighted by Crippen LogP contribution is -2.52. The minimum absolute atomic E-state index is 0.0200. The highest BCUT2D eigenvalue weighted by atomic mass is 16.5. The molecule has 4 rings (SSSR count). The van der Waals surface area contributed by atoms with Gasteiger partial charge in [0.1, 0.15) is 23.6 Å². The van der Waals surface area contributed by atoms with Crippen LogP contribution in [-0.4, -0.2) is 60.5 Å². The quantitative estimate of drug-likeness (QED) is 0.740. The van der Waals surface area contributed by atoms with Gasteiger partial charge in [-0.15, -0.1) is 0 Å². The molecule has 2 aliphatic rings. The van der Waals surface area contributed by atoms with Crippen molar-refractivity contribution in [3.05, 3.63) is 54.1 Å². The number of nitrogens with one attached hydrogen (secondary N) is 1. The molecule has 2 amide bonds. The van der Waals surface area contributed by atoms with Crippen LogP contribution in [0.15, 0.2) is 48.5 Å². The maximum absolute atomic E-state index is 13.9. The summed E-state index contributed by atoms with van der Waals surface area (Å²) in [5, 5.41) is 3.19. The number of ether oxygens (including phenoxy) is 2. The second-order valence-corrected chi connectivity index (χ2v) is 9.17. The molecule has 182 valence electrons. The number of hydrogen-bond donors (Lipinski definition) is 1. The Hall–Kier alpha value is -3.06. The molecule has 2 aromatic rings. The van der Waals surface area contributed by atoms with Crippen molar-refractivity contribution in [3.63, 3.8) is 0 Å². The Morgan fingerprint density at radius 2 is 1.88 bits per heavy atom. The Bertz CT molecular complexity index is 1010. The molecule has 1 spiro atoms. The summed E-state index contributed by atoms with van der Waals surface area (Å²) < 4.78 is 11.4. The second kappa shape index (κ2) is 10.9. The van der Waals surface area contributed by atoms with Crippen LogP contribution in [0.25, 0.3) is 0 Å². The molecule has 0 aromatic heterocycles. The van der Waals surface area contributed by atoms with E-state index in [4.69, 9.17) is 9.47 Å². The van der Waals surface area contributed by atoms with Gasteiger partial charge in [-0.05, 0) is 68.5 Å². The highest BCUT2D eigenvalue weighted by Gasteiger charge is 2.46. The van der Waals surface area contributed by atoms with Crippen molar-refractivity contribution < 1.29 is 19.1 Å². The van der Waals surface area contributed by atoms with Gasteiger partial charge in [0.25, 0.3) is 0 Å². The molecular formula is C27H35N3O4. The van der Waals surface area contributed by atoms with E-state index < -0.39 is 5.54 Å². The van der Waals surface area contributed by atoms with Gasteiger partial charge in [-0.2, -0.15) is 0 Å². The lowest BCUT2D eigenvalue weighted by Gasteiger charge is -2.38. The van der Waals surface area contributed by atoms with E-state index in [1.165, 1.54) is 0 Å². The summed E-state index contributed by atoms with van der Waals surface area (Å²) in [5.74, 6) is 1.52. The number of anilines is 1. The van der Waals surface area contributed by atoms with Crippen molar-refractivity contribution in [1.82, 2.24) is 9.80 Å². The number of para-hydroxylation sites is 2. The zero-order chi connectivity index (χ0) is 24.0. The summed E-state index contributed by atoms with van der Waals surface area (Å²) in [6.45, 7) is 4.74. The number of likely N-dealkylation sites (tertiary alicyclic amines) is 1. The van der Waals surface area contributed by atoms with Crippen molar-refractivity contribution >= 4 is 17.5 Å². The van der Waals surface area contributed by atoms with Crippen LogP contribution in [0.3, 0.4) is 0 Å². The number of rotatable bonds is 3. The predicted molar refractivity (Wildman–Crippen MR) is 132 cm³/mol. The van der Waals surface area contributed by atoms with Gasteiger partial charge >= 0.3 is 0 Å². The zero-order valence-corrected chi connectivity index (χ0v) is 20.2. The Balaban J connectivity index is 1.63. The molecule has 0 radical (unpaired) electrons. The normalized spacial score (nSPS) is 22.1. The molecule has 7 nitrogen and oxygen atoms in total. The summed E-state index contributed by atoms with van der Waals surface area (Å²) in [6.07, 6.45) is 4.25. The number of carbonyl (C=O) groups excluding carboxylic acids is 2. The molecule has 0 aliphatic carbocycles. The summed E-state index contributed by atoms with van der Waals surface area (Å²) in [7, 11) is 1.67. The second-order valence-electron chi connectivity index (χ2n) is 9.17. The smallest absolute Gasteiger partial charge is 0.245 e. The van der Waals surface area contributed by atoms with Crippen molar-refractivity contribution in [3.8, 4) is 11.5 Å². The van der Waals surface area contributed by atoms with E-state index in [2.05, 4.69) is 16.3 Å². The van der Waals surface area contributed by atoms with E-state index >= 15 is 0 Å². The van der Waals surface area contributed by atoms with E-state index in [-0.39, 0.29) is 11.8 Å². The van der Waals surface area contributed by atoms with E-state index in [1.807, 2.05) is 47.4 Å². The Labute approximate surface area is 202 Å². The van der Waals surface area contributed by atoms with Gasteiger partial charge in [-0.3, -0.25) is 14.5 Å². The first kappa shape index (κ1) is 24.1. The van der Waals surface area contributed by atoms with Gasteiger partial charge < -0.3 is 19.7 Å². The summed E-state index contributed by atoms with van der Waals surface area (Å²) >= 11 is 0. The average molecular weight is 466 g/mol. The van der Waals surface area contributed by atoms with Gasteiger partial charge in [-0.1, -0.05) is 24.3 Å². The van der Waals surface area contributed by atoms with Crippen LogP contribution < -0.4 is 14.8 Å². The van der Waals surface area contributed by atoms with Crippen molar-refractivity contribution in [2.45, 2.75) is 51.1 Å². The van der Waals surface area contributed by atoms with E-state index in [0.717, 1.165) is 50.0 Å². The number of methoxy groups -OCH3 is 1.